The molecule has 0 saturated heterocycles. The predicted molar refractivity (Wildman–Crippen MR) is 119 cm³/mol. The summed E-state index contributed by atoms with van der Waals surface area (Å²) >= 11 is 0. The first kappa shape index (κ1) is 21.0. The van der Waals surface area contributed by atoms with E-state index in [2.05, 4.69) is 40.7 Å². The fraction of sp³-hybridized carbons (Fsp3) is 0.926. The maximum Gasteiger partial charge on any atom is 0.0577 e. The van der Waals surface area contributed by atoms with Crippen molar-refractivity contribution in [3.8, 4) is 0 Å². The summed E-state index contributed by atoms with van der Waals surface area (Å²) in [4.78, 5) is 0. The van der Waals surface area contributed by atoms with Gasteiger partial charge in [0, 0.05) is 0 Å². The maximum atomic E-state index is 10.2. The van der Waals surface area contributed by atoms with Crippen molar-refractivity contribution in [3.63, 3.8) is 0 Å². The first-order valence-electron chi connectivity index (χ1n) is 12.6. The highest BCUT2D eigenvalue weighted by Crippen LogP contribution is 2.68. The zero-order chi connectivity index (χ0) is 20.1. The van der Waals surface area contributed by atoms with E-state index in [0.717, 1.165) is 48.3 Å². The molecule has 1 heteroatoms. The van der Waals surface area contributed by atoms with Crippen LogP contribution >= 0.6 is 0 Å². The number of aliphatic hydroxyl groups is 1. The molecule has 28 heavy (non-hydrogen) atoms. The summed E-state index contributed by atoms with van der Waals surface area (Å²) in [5.41, 5.74) is 2.50. The third-order valence-corrected chi connectivity index (χ3v) is 10.2. The van der Waals surface area contributed by atoms with Gasteiger partial charge < -0.3 is 5.11 Å². The Morgan fingerprint density at radius 2 is 1.82 bits per heavy atom. The SMILES string of the molecule is CC(C)CCC[C@@H](C)C1CCC2C1CCC1[C@@]2(C)CC=C2C[C@@H](O)CC[C@@]21C. The second-order valence-electron chi connectivity index (χ2n) is 12.2. The molecule has 0 aromatic rings. The lowest BCUT2D eigenvalue weighted by atomic mass is 9.44. The number of hydrogen-bond donors (Lipinski definition) is 1. The predicted octanol–water partition coefficient (Wildman–Crippen LogP) is 7.39. The van der Waals surface area contributed by atoms with E-state index in [0.29, 0.717) is 10.8 Å². The van der Waals surface area contributed by atoms with E-state index >= 15 is 0 Å². The van der Waals surface area contributed by atoms with Crippen LogP contribution < -0.4 is 0 Å². The van der Waals surface area contributed by atoms with Gasteiger partial charge in [-0.1, -0.05) is 65.5 Å². The summed E-state index contributed by atoms with van der Waals surface area (Å²) in [5.74, 6) is 5.55. The first-order chi connectivity index (χ1) is 13.3. The van der Waals surface area contributed by atoms with Gasteiger partial charge in [0.1, 0.15) is 0 Å². The second kappa shape index (κ2) is 7.75. The highest BCUT2D eigenvalue weighted by molar-refractivity contribution is 5.27. The average molecular weight is 387 g/mol. The standard InChI is InChI=1S/C27H46O/c1-18(2)7-6-8-19(3)22-9-11-24-23(22)10-12-25-26(4)16-14-21(28)17-20(26)13-15-27(24,25)5/h13,18-19,21-25,28H,6-12,14-17H2,1-5H3/t19-,21+,22?,23?,24?,25?,26+,27+/m1/s1. The van der Waals surface area contributed by atoms with Gasteiger partial charge in [-0.25, -0.2) is 0 Å². The van der Waals surface area contributed by atoms with Crippen molar-refractivity contribution >= 4 is 0 Å². The Labute approximate surface area is 174 Å². The van der Waals surface area contributed by atoms with Crippen LogP contribution in [0.1, 0.15) is 105 Å². The molecule has 4 rings (SSSR count). The lowest BCUT2D eigenvalue weighted by molar-refractivity contribution is -0.0772. The monoisotopic (exact) mass is 386 g/mol. The van der Waals surface area contributed by atoms with Crippen LogP contribution in [0.2, 0.25) is 0 Å². The molecule has 4 aliphatic carbocycles. The number of fused-ring (bicyclic) bond motifs is 5. The van der Waals surface area contributed by atoms with Crippen LogP contribution in [0.4, 0.5) is 0 Å². The summed E-state index contributed by atoms with van der Waals surface area (Å²) in [6.07, 6.45) is 17.2. The zero-order valence-corrected chi connectivity index (χ0v) is 19.3. The molecule has 3 fully saturated rings. The minimum Gasteiger partial charge on any atom is -0.393 e. The fourth-order valence-corrected chi connectivity index (χ4v) is 8.66. The van der Waals surface area contributed by atoms with Crippen molar-refractivity contribution in [2.75, 3.05) is 0 Å². The molecule has 0 amide bonds. The Kier molecular flexibility index (Phi) is 5.80. The lowest BCUT2D eigenvalue weighted by Gasteiger charge is -2.61. The van der Waals surface area contributed by atoms with Gasteiger partial charge in [0.25, 0.3) is 0 Å². The normalized spacial score (nSPS) is 46.5. The van der Waals surface area contributed by atoms with Crippen LogP contribution in [0.3, 0.4) is 0 Å². The summed E-state index contributed by atoms with van der Waals surface area (Å²) in [6.45, 7) is 12.5. The van der Waals surface area contributed by atoms with E-state index < -0.39 is 0 Å². The number of rotatable bonds is 5. The van der Waals surface area contributed by atoms with Crippen LogP contribution in [0.5, 0.6) is 0 Å². The minimum atomic E-state index is -0.0810. The topological polar surface area (TPSA) is 20.2 Å². The first-order valence-corrected chi connectivity index (χ1v) is 12.6. The van der Waals surface area contributed by atoms with Crippen molar-refractivity contribution in [2.24, 2.45) is 46.3 Å². The van der Waals surface area contributed by atoms with E-state index in [4.69, 9.17) is 0 Å². The Hall–Kier alpha value is -0.300. The van der Waals surface area contributed by atoms with Crippen molar-refractivity contribution in [2.45, 2.75) is 111 Å². The molecule has 4 aliphatic rings. The number of allylic oxidation sites excluding steroid dienone is 1. The van der Waals surface area contributed by atoms with Crippen LogP contribution in [0, 0.1) is 46.3 Å². The Morgan fingerprint density at radius 1 is 1.04 bits per heavy atom. The molecule has 3 saturated carbocycles. The van der Waals surface area contributed by atoms with Crippen LogP contribution in [-0.4, -0.2) is 11.2 Å². The van der Waals surface area contributed by atoms with Gasteiger partial charge in [-0.3, -0.25) is 0 Å². The van der Waals surface area contributed by atoms with Gasteiger partial charge in [-0.2, -0.15) is 0 Å². The molecule has 0 heterocycles. The zero-order valence-electron chi connectivity index (χ0n) is 19.3. The highest BCUT2D eigenvalue weighted by atomic mass is 16.3. The molecule has 0 aromatic carbocycles. The van der Waals surface area contributed by atoms with Gasteiger partial charge in [-0.05, 0) is 97.7 Å². The highest BCUT2D eigenvalue weighted by Gasteiger charge is 2.59. The molecule has 1 nitrogen and oxygen atoms in total. The molecule has 8 atom stereocenters. The number of hydrogen-bond acceptors (Lipinski definition) is 1. The van der Waals surface area contributed by atoms with Gasteiger partial charge in [0.2, 0.25) is 0 Å². The van der Waals surface area contributed by atoms with Crippen LogP contribution in [-0.2, 0) is 0 Å². The van der Waals surface area contributed by atoms with Crippen LogP contribution in [0.15, 0.2) is 11.6 Å². The summed E-state index contributed by atoms with van der Waals surface area (Å²) in [5, 5.41) is 10.2. The molecule has 0 radical (unpaired) electrons. The summed E-state index contributed by atoms with van der Waals surface area (Å²) in [6, 6.07) is 0. The third kappa shape index (κ3) is 3.42. The second-order valence-corrected chi connectivity index (χ2v) is 12.2. The summed E-state index contributed by atoms with van der Waals surface area (Å²) < 4.78 is 0. The molecule has 160 valence electrons. The van der Waals surface area contributed by atoms with Crippen LogP contribution in [0.25, 0.3) is 0 Å². The van der Waals surface area contributed by atoms with E-state index in [1.807, 2.05) is 0 Å². The van der Waals surface area contributed by atoms with E-state index in [9.17, 15) is 5.11 Å². The van der Waals surface area contributed by atoms with Gasteiger partial charge in [0.15, 0.2) is 0 Å². The number of aliphatic hydroxyl groups excluding tert-OH is 1. The van der Waals surface area contributed by atoms with E-state index in [-0.39, 0.29) is 6.10 Å². The minimum absolute atomic E-state index is 0.0810. The fourth-order valence-electron chi connectivity index (χ4n) is 8.66. The summed E-state index contributed by atoms with van der Waals surface area (Å²) in [7, 11) is 0. The molecule has 0 spiro atoms. The molecule has 0 bridgehead atoms. The smallest absolute Gasteiger partial charge is 0.0577 e. The average Bonchev–Trinajstić information content (AvgIpc) is 3.07. The quantitative estimate of drug-likeness (QED) is 0.488. The Balaban J connectivity index is 1.49. The molecule has 0 aliphatic heterocycles. The van der Waals surface area contributed by atoms with Crippen molar-refractivity contribution < 1.29 is 5.11 Å². The third-order valence-electron chi connectivity index (χ3n) is 10.2. The Bertz CT molecular complexity index is 591. The maximum absolute atomic E-state index is 10.2. The van der Waals surface area contributed by atoms with Gasteiger partial charge >= 0.3 is 0 Å². The van der Waals surface area contributed by atoms with Crippen molar-refractivity contribution in [1.82, 2.24) is 0 Å². The van der Waals surface area contributed by atoms with Crippen molar-refractivity contribution in [3.05, 3.63) is 11.6 Å². The van der Waals surface area contributed by atoms with Crippen molar-refractivity contribution in [1.29, 1.82) is 0 Å². The van der Waals surface area contributed by atoms with E-state index in [1.165, 1.54) is 57.8 Å². The lowest BCUT2D eigenvalue weighted by Crippen LogP contribution is -2.53. The molecule has 4 unspecified atom stereocenters. The molecular formula is C27H46O. The molecule has 0 aromatic heterocycles. The Morgan fingerprint density at radius 3 is 2.57 bits per heavy atom. The van der Waals surface area contributed by atoms with Gasteiger partial charge in [0.05, 0.1) is 6.10 Å². The van der Waals surface area contributed by atoms with E-state index in [1.54, 1.807) is 5.57 Å². The molecule has 1 N–H and O–H groups in total. The van der Waals surface area contributed by atoms with Gasteiger partial charge in [-0.15, -0.1) is 0 Å². The largest absolute Gasteiger partial charge is 0.393 e. The molecular weight excluding hydrogens is 340 g/mol.